The van der Waals surface area contributed by atoms with E-state index in [4.69, 9.17) is 0 Å². The van der Waals surface area contributed by atoms with E-state index in [-0.39, 0.29) is 5.41 Å². The summed E-state index contributed by atoms with van der Waals surface area (Å²) in [4.78, 5) is 0. The van der Waals surface area contributed by atoms with E-state index in [9.17, 15) is 0 Å². The number of hydrogen-bond acceptors (Lipinski definition) is 1. The molecule has 2 aliphatic carbocycles. The lowest BCUT2D eigenvalue weighted by Gasteiger charge is -2.30. The minimum atomic E-state index is 0.250. The standard InChI is InChI=1S/C19H29N/c1-19(2,3)16-9-11-17(12-10-16)20-18-6-4-5-15(13-18)14-7-8-14/h9-12,14-15,18,20H,4-8,13H2,1-3H3. The van der Waals surface area contributed by atoms with Crippen LogP contribution >= 0.6 is 0 Å². The molecule has 1 heteroatoms. The van der Waals surface area contributed by atoms with Crippen LogP contribution in [0.2, 0.25) is 0 Å². The zero-order valence-electron chi connectivity index (χ0n) is 13.3. The van der Waals surface area contributed by atoms with Crippen molar-refractivity contribution < 1.29 is 0 Å². The maximum atomic E-state index is 3.77. The molecule has 20 heavy (non-hydrogen) atoms. The predicted molar refractivity (Wildman–Crippen MR) is 87.2 cm³/mol. The molecule has 0 spiro atoms. The Morgan fingerprint density at radius 1 is 0.900 bits per heavy atom. The van der Waals surface area contributed by atoms with Crippen molar-refractivity contribution in [3.63, 3.8) is 0 Å². The molecule has 2 unspecified atom stereocenters. The maximum Gasteiger partial charge on any atom is 0.0342 e. The van der Waals surface area contributed by atoms with Gasteiger partial charge in [-0.05, 0) is 60.6 Å². The Morgan fingerprint density at radius 2 is 1.60 bits per heavy atom. The van der Waals surface area contributed by atoms with Crippen molar-refractivity contribution in [1.29, 1.82) is 0 Å². The normalized spacial score (nSPS) is 27.4. The van der Waals surface area contributed by atoms with E-state index in [2.05, 4.69) is 50.4 Å². The highest BCUT2D eigenvalue weighted by molar-refractivity contribution is 5.46. The molecule has 0 aromatic heterocycles. The average Bonchev–Trinajstić information content (AvgIpc) is 3.23. The molecular formula is C19H29N. The highest BCUT2D eigenvalue weighted by Gasteiger charge is 2.34. The molecule has 1 aromatic carbocycles. The number of nitrogens with one attached hydrogen (secondary N) is 1. The zero-order chi connectivity index (χ0) is 14.2. The minimum Gasteiger partial charge on any atom is -0.382 e. The van der Waals surface area contributed by atoms with Crippen LogP contribution in [0.25, 0.3) is 0 Å². The molecule has 0 radical (unpaired) electrons. The molecule has 3 rings (SSSR count). The molecule has 0 amide bonds. The third-order valence-corrected chi connectivity index (χ3v) is 5.13. The van der Waals surface area contributed by atoms with Crippen molar-refractivity contribution in [2.45, 2.75) is 70.8 Å². The van der Waals surface area contributed by atoms with Crippen molar-refractivity contribution in [3.8, 4) is 0 Å². The monoisotopic (exact) mass is 271 g/mol. The van der Waals surface area contributed by atoms with E-state index < -0.39 is 0 Å². The molecular weight excluding hydrogens is 242 g/mol. The van der Waals surface area contributed by atoms with Crippen LogP contribution in [0.4, 0.5) is 5.69 Å². The molecule has 2 atom stereocenters. The van der Waals surface area contributed by atoms with E-state index in [0.717, 1.165) is 11.8 Å². The Morgan fingerprint density at radius 3 is 2.20 bits per heavy atom. The summed E-state index contributed by atoms with van der Waals surface area (Å²) < 4.78 is 0. The molecule has 110 valence electrons. The number of hydrogen-bond donors (Lipinski definition) is 1. The molecule has 1 nitrogen and oxygen atoms in total. The van der Waals surface area contributed by atoms with E-state index in [1.54, 1.807) is 0 Å². The number of benzene rings is 1. The minimum absolute atomic E-state index is 0.250. The molecule has 0 aliphatic heterocycles. The van der Waals surface area contributed by atoms with Crippen LogP contribution in [0.5, 0.6) is 0 Å². The molecule has 2 saturated carbocycles. The predicted octanol–water partition coefficient (Wildman–Crippen LogP) is 5.36. The lowest BCUT2D eigenvalue weighted by atomic mass is 9.82. The topological polar surface area (TPSA) is 12.0 Å². The van der Waals surface area contributed by atoms with Crippen molar-refractivity contribution in [2.75, 3.05) is 5.32 Å². The fourth-order valence-corrected chi connectivity index (χ4v) is 3.66. The first-order valence-corrected chi connectivity index (χ1v) is 8.39. The highest BCUT2D eigenvalue weighted by Crippen LogP contribution is 2.44. The van der Waals surface area contributed by atoms with Crippen molar-refractivity contribution >= 4 is 5.69 Å². The van der Waals surface area contributed by atoms with E-state index >= 15 is 0 Å². The Balaban J connectivity index is 1.59. The van der Waals surface area contributed by atoms with Gasteiger partial charge < -0.3 is 5.32 Å². The van der Waals surface area contributed by atoms with Crippen LogP contribution in [-0.4, -0.2) is 6.04 Å². The quantitative estimate of drug-likeness (QED) is 0.780. The second-order valence-corrected chi connectivity index (χ2v) is 7.93. The average molecular weight is 271 g/mol. The first kappa shape index (κ1) is 14.0. The molecule has 2 fully saturated rings. The van der Waals surface area contributed by atoms with E-state index in [1.165, 1.54) is 49.8 Å². The Bertz CT molecular complexity index is 436. The zero-order valence-corrected chi connectivity index (χ0v) is 13.3. The highest BCUT2D eigenvalue weighted by atomic mass is 14.9. The van der Waals surface area contributed by atoms with E-state index in [1.807, 2.05) is 0 Å². The van der Waals surface area contributed by atoms with Crippen LogP contribution in [0.1, 0.15) is 64.9 Å². The summed E-state index contributed by atoms with van der Waals surface area (Å²) >= 11 is 0. The lowest BCUT2D eigenvalue weighted by molar-refractivity contribution is 0.303. The van der Waals surface area contributed by atoms with Gasteiger partial charge in [0.15, 0.2) is 0 Å². The van der Waals surface area contributed by atoms with Crippen molar-refractivity contribution in [2.24, 2.45) is 11.8 Å². The first-order chi connectivity index (χ1) is 9.52. The number of anilines is 1. The summed E-state index contributed by atoms with van der Waals surface area (Å²) in [5.74, 6) is 2.08. The molecule has 0 bridgehead atoms. The van der Waals surface area contributed by atoms with Crippen molar-refractivity contribution in [1.82, 2.24) is 0 Å². The largest absolute Gasteiger partial charge is 0.382 e. The third-order valence-electron chi connectivity index (χ3n) is 5.13. The van der Waals surface area contributed by atoms with Gasteiger partial charge in [0.2, 0.25) is 0 Å². The summed E-state index contributed by atoms with van der Waals surface area (Å²) in [6.45, 7) is 6.82. The lowest BCUT2D eigenvalue weighted by Crippen LogP contribution is -2.28. The molecule has 2 aliphatic rings. The second-order valence-electron chi connectivity index (χ2n) is 7.93. The Hall–Kier alpha value is -0.980. The van der Waals surface area contributed by atoms with Gasteiger partial charge in [-0.2, -0.15) is 0 Å². The van der Waals surface area contributed by atoms with Gasteiger partial charge in [0.1, 0.15) is 0 Å². The van der Waals surface area contributed by atoms with Crippen molar-refractivity contribution in [3.05, 3.63) is 29.8 Å². The Kier molecular flexibility index (Phi) is 3.79. The third kappa shape index (κ3) is 3.37. The summed E-state index contributed by atoms with van der Waals surface area (Å²) in [6.07, 6.45) is 8.63. The molecule has 1 N–H and O–H groups in total. The fourth-order valence-electron chi connectivity index (χ4n) is 3.66. The van der Waals surface area contributed by atoms with Gasteiger partial charge in [0.25, 0.3) is 0 Å². The van der Waals surface area contributed by atoms with Gasteiger partial charge in [0.05, 0.1) is 0 Å². The van der Waals surface area contributed by atoms with Gasteiger partial charge in [-0.25, -0.2) is 0 Å². The summed E-state index contributed by atoms with van der Waals surface area (Å²) in [5.41, 5.74) is 2.97. The van der Waals surface area contributed by atoms with E-state index in [0.29, 0.717) is 6.04 Å². The van der Waals surface area contributed by atoms with Crippen LogP contribution in [0.3, 0.4) is 0 Å². The smallest absolute Gasteiger partial charge is 0.0342 e. The van der Waals surface area contributed by atoms with Gasteiger partial charge in [-0.15, -0.1) is 0 Å². The summed E-state index contributed by atoms with van der Waals surface area (Å²) in [7, 11) is 0. The van der Waals surface area contributed by atoms with Crippen LogP contribution in [0.15, 0.2) is 24.3 Å². The second kappa shape index (κ2) is 5.42. The molecule has 0 saturated heterocycles. The van der Waals surface area contributed by atoms with Gasteiger partial charge in [-0.3, -0.25) is 0 Å². The molecule has 0 heterocycles. The van der Waals surface area contributed by atoms with Crippen LogP contribution < -0.4 is 5.32 Å². The Labute approximate surface area is 124 Å². The van der Waals surface area contributed by atoms with Crippen LogP contribution in [0, 0.1) is 11.8 Å². The van der Waals surface area contributed by atoms with Gasteiger partial charge in [-0.1, -0.05) is 45.7 Å². The summed E-state index contributed by atoms with van der Waals surface area (Å²) in [5, 5.41) is 3.77. The van der Waals surface area contributed by atoms with Gasteiger partial charge >= 0.3 is 0 Å². The van der Waals surface area contributed by atoms with Crippen LogP contribution in [-0.2, 0) is 5.41 Å². The van der Waals surface area contributed by atoms with Gasteiger partial charge in [0, 0.05) is 11.7 Å². The molecule has 1 aromatic rings. The first-order valence-electron chi connectivity index (χ1n) is 8.39. The summed E-state index contributed by atoms with van der Waals surface area (Å²) in [6, 6.07) is 9.80. The fraction of sp³-hybridized carbons (Fsp3) is 0.684. The SMILES string of the molecule is CC(C)(C)c1ccc(NC2CCCC(C3CC3)C2)cc1. The number of rotatable bonds is 3. The maximum absolute atomic E-state index is 3.77.